The van der Waals surface area contributed by atoms with Crippen molar-refractivity contribution in [2.45, 2.75) is 129 Å². The molecule has 4 aromatic heterocycles. The fourth-order valence-corrected chi connectivity index (χ4v) is 23.0. The van der Waals surface area contributed by atoms with Crippen LogP contribution in [-0.4, -0.2) is 125 Å². The van der Waals surface area contributed by atoms with Crippen molar-refractivity contribution in [3.05, 3.63) is 289 Å². The first-order valence-electron chi connectivity index (χ1n) is 41.6. The van der Waals surface area contributed by atoms with E-state index in [4.69, 9.17) is 27.0 Å². The molecule has 20 nitrogen and oxygen atoms in total. The molecule has 1 saturated carbocycles. The number of aliphatic hydroxyl groups excluding tert-OH is 1. The molecule has 0 bridgehead atoms. The maximum absolute atomic E-state index is 13.6. The number of benzene rings is 7. The Morgan fingerprint density at radius 3 is 2.01 bits per heavy atom. The van der Waals surface area contributed by atoms with Crippen molar-refractivity contribution in [1.29, 1.82) is 5.26 Å². The number of ketones is 1. The average Bonchev–Trinajstić information content (AvgIpc) is 1.71. The number of carboxylic acid groups (broad SMARTS) is 3. The number of thiophene rings is 2. The summed E-state index contributed by atoms with van der Waals surface area (Å²) >= 11 is 10.5. The van der Waals surface area contributed by atoms with Crippen LogP contribution in [0.3, 0.4) is 0 Å². The maximum Gasteiger partial charge on any atom is 0.346 e. The van der Waals surface area contributed by atoms with Crippen LogP contribution in [0.5, 0.6) is 5.75 Å². The van der Waals surface area contributed by atoms with E-state index in [-0.39, 0.29) is 61.9 Å². The Kier molecular flexibility index (Phi) is 23.5. The topological polar surface area (TPSA) is 278 Å². The highest BCUT2D eigenvalue weighted by atomic mass is 32.2. The number of hydrogen-bond donors (Lipinski definition) is 5. The van der Waals surface area contributed by atoms with Crippen LogP contribution < -0.4 is 35.1 Å². The van der Waals surface area contributed by atoms with E-state index < -0.39 is 35.4 Å². The number of nitrogens with zero attached hydrogens (tertiary/aromatic N) is 7. The third-order valence-corrected chi connectivity index (χ3v) is 30.1. The third-order valence-electron chi connectivity index (χ3n) is 25.0. The van der Waals surface area contributed by atoms with E-state index in [1.165, 1.54) is 77.4 Å². The van der Waals surface area contributed by atoms with Gasteiger partial charge in [-0.25, -0.2) is 14.4 Å². The number of allylic oxidation sites excluding steroid dienone is 3. The number of phenolic OH excluding ortho intramolecular Hbond substituents is 1. The molecular formula is C100H92N7O13S5+. The van der Waals surface area contributed by atoms with Crippen molar-refractivity contribution in [2.75, 3.05) is 54.5 Å². The second kappa shape index (κ2) is 34.2. The summed E-state index contributed by atoms with van der Waals surface area (Å²) in [5, 5.41) is 59.5. The number of Topliss-reactive ketones (excluding diaryl/α,β-unsaturated/α-hetero) is 1. The summed E-state index contributed by atoms with van der Waals surface area (Å²) in [5.41, 5.74) is 16.4. The van der Waals surface area contributed by atoms with Crippen molar-refractivity contribution < 1.29 is 58.5 Å². The molecule has 5 N–H and O–H groups in total. The second-order valence-corrected chi connectivity index (χ2v) is 38.7. The summed E-state index contributed by atoms with van der Waals surface area (Å²) < 4.78 is 10.4. The first-order chi connectivity index (χ1) is 59.8. The van der Waals surface area contributed by atoms with Gasteiger partial charge in [0, 0.05) is 127 Å². The lowest BCUT2D eigenvalue weighted by Gasteiger charge is -2.48. The number of rotatable bonds is 18. The van der Waals surface area contributed by atoms with Crippen LogP contribution in [0, 0.1) is 11.3 Å². The highest BCUT2D eigenvalue weighted by molar-refractivity contribution is 8.30. The van der Waals surface area contributed by atoms with Gasteiger partial charge in [0.15, 0.2) is 5.71 Å². The summed E-state index contributed by atoms with van der Waals surface area (Å²) in [4.78, 5) is 99.8. The number of aromatic nitrogens is 1. The van der Waals surface area contributed by atoms with Gasteiger partial charge >= 0.3 is 23.5 Å². The molecule has 2 aliphatic carbocycles. The van der Waals surface area contributed by atoms with Gasteiger partial charge in [-0.05, 0) is 213 Å². The highest BCUT2D eigenvalue weighted by Crippen LogP contribution is 2.55. The normalized spacial score (nSPS) is 18.4. The van der Waals surface area contributed by atoms with Gasteiger partial charge in [-0.2, -0.15) is 9.84 Å². The molecule has 1 saturated heterocycles. The molecule has 2 unspecified atom stereocenters. The van der Waals surface area contributed by atoms with Crippen LogP contribution in [0.15, 0.2) is 213 Å². The lowest BCUT2D eigenvalue weighted by Crippen LogP contribution is -2.44. The Bertz CT molecular complexity index is 6780. The maximum atomic E-state index is 13.6. The van der Waals surface area contributed by atoms with Crippen LogP contribution >= 0.6 is 58.0 Å². The number of thiazole rings is 1. The molecule has 634 valence electrons. The zero-order chi connectivity index (χ0) is 88.6. The standard InChI is InChI=1S/C42H35N3O4S3.C31H28N2O4S2.C27H28N2O5/c1-2-43-40(49)38(52-42(43)50)41-44(25-37(46)47)39(48)36(51-41)24-27-18-21-35-33(23-27)31-14-9-15-34(31)45(35)30-19-16-26(17-20-30)22-32(28-10-5-3-6-11-28)29-12-7-4-8-13-29;1-30(2)9-11-33-12-10-31(3,4)25-26(33)21(30)15-17-14-20(29(36)37-27(17)25)22-7-8-24(39-22)23-6-5-19(38-23)13-18(16-32)28(34)35;1-6-29(7-2)16-9-10-17(21(30)13-16)23-24(31)18(25(23)32)14-22-27(3,4)19-12-15(26(33)34)8-11-20(19)28(22)5/h3-8,10-13,16-24,31,34H,2,9,14-15,25H2,1H3,(H,46,47);5-8,13-15H,9-12H2,1-4H3,(H,34,35);8-14H,6-7H2,1-5H3,(H2,31,32,33,34)/p+1/b36-24+,41-38-;18-13-;. The van der Waals surface area contributed by atoms with Gasteiger partial charge in [0.2, 0.25) is 11.5 Å². The van der Waals surface area contributed by atoms with Crippen LogP contribution in [0.25, 0.3) is 65.4 Å². The first-order valence-corrected chi connectivity index (χ1v) is 45.3. The lowest BCUT2D eigenvalue weighted by molar-refractivity contribution is -0.401. The van der Waals surface area contributed by atoms with E-state index in [1.807, 2.05) is 101 Å². The second-order valence-electron chi connectivity index (χ2n) is 33.8. The minimum atomic E-state index is -1.25. The number of aromatic hydroxyl groups is 1. The number of carbonyl (C=O) groups is 5. The Morgan fingerprint density at radius 1 is 0.696 bits per heavy atom. The number of hydrogen-bond acceptors (Lipinski definition) is 19. The summed E-state index contributed by atoms with van der Waals surface area (Å²) in [5.74, 6) is -3.89. The summed E-state index contributed by atoms with van der Waals surface area (Å²) in [7, 11) is 1.85. The quantitative estimate of drug-likeness (QED) is 0.0133. The number of carboxylic acids is 3. The Balaban J connectivity index is 0.000000142. The summed E-state index contributed by atoms with van der Waals surface area (Å²) in [6.45, 7) is 22.4. The van der Waals surface area contributed by atoms with Crippen LogP contribution in [-0.2, 0) is 42.0 Å². The zero-order valence-corrected chi connectivity index (χ0v) is 74.7. The molecule has 1 amide bonds. The van der Waals surface area contributed by atoms with Gasteiger partial charge in [-0.15, -0.1) is 34.0 Å². The number of thiocarbonyl (C=S) groups is 1. The van der Waals surface area contributed by atoms with E-state index in [0.717, 1.165) is 146 Å². The average molecular weight is 1760 g/mol. The number of anilines is 4. The van der Waals surface area contributed by atoms with Gasteiger partial charge in [-0.3, -0.25) is 28.6 Å². The largest absolute Gasteiger partial charge is 0.507 e. The van der Waals surface area contributed by atoms with Crippen LogP contribution in [0.1, 0.15) is 166 Å². The fraction of sp³-hybridized carbons (Fsp3) is 0.260. The van der Waals surface area contributed by atoms with E-state index in [9.17, 15) is 54.0 Å². The van der Waals surface area contributed by atoms with Crippen molar-refractivity contribution in [3.8, 4) is 32.0 Å². The van der Waals surface area contributed by atoms with Gasteiger partial charge < -0.3 is 44.6 Å². The van der Waals surface area contributed by atoms with Gasteiger partial charge in [-0.1, -0.05) is 137 Å². The van der Waals surface area contributed by atoms with Crippen LogP contribution in [0.2, 0.25) is 0 Å². The molecule has 0 radical (unpaired) electrons. The number of amides is 1. The van der Waals surface area contributed by atoms with E-state index in [2.05, 4.69) is 139 Å². The molecule has 0 spiro atoms. The fourth-order valence-electron chi connectivity index (χ4n) is 18.4. The molecule has 2 atom stereocenters. The van der Waals surface area contributed by atoms with Crippen molar-refractivity contribution >= 4 is 171 Å². The molecule has 2 fully saturated rings. The smallest absolute Gasteiger partial charge is 0.346 e. The molecule has 5 aliphatic heterocycles. The zero-order valence-electron chi connectivity index (χ0n) is 70.7. The minimum absolute atomic E-state index is 0.0337. The number of phenols is 1. The van der Waals surface area contributed by atoms with Crippen molar-refractivity contribution in [3.63, 3.8) is 0 Å². The lowest BCUT2D eigenvalue weighted by atomic mass is 9.69. The number of fused-ring (bicyclic) bond motifs is 6. The summed E-state index contributed by atoms with van der Waals surface area (Å²) in [6.07, 6.45) is 12.5. The number of nitriles is 1. The van der Waals surface area contributed by atoms with Gasteiger partial charge in [0.25, 0.3) is 11.5 Å². The van der Waals surface area contributed by atoms with Crippen LogP contribution in [0.4, 0.5) is 28.4 Å². The Labute approximate surface area is 744 Å². The molecule has 25 heteroatoms. The molecule has 18 rings (SSSR count). The van der Waals surface area contributed by atoms with E-state index in [1.54, 1.807) is 48.5 Å². The van der Waals surface area contributed by atoms with Crippen molar-refractivity contribution in [1.82, 2.24) is 9.47 Å². The Morgan fingerprint density at radius 2 is 1.37 bits per heavy atom. The molecular weight excluding hydrogens is 1670 g/mol. The summed E-state index contributed by atoms with van der Waals surface area (Å²) in [6, 6.07) is 60.0. The Hall–Kier alpha value is -12.6. The predicted molar refractivity (Wildman–Crippen MR) is 505 cm³/mol. The molecule has 7 aromatic carbocycles. The minimum Gasteiger partial charge on any atom is -0.507 e. The monoisotopic (exact) mass is 1760 g/mol. The first kappa shape index (κ1) is 86.0. The number of thioether (sulfide) groups is 1. The predicted octanol–water partition coefficient (Wildman–Crippen LogP) is 19.0. The highest BCUT2D eigenvalue weighted by Gasteiger charge is 2.48. The third kappa shape index (κ3) is 16.0. The van der Waals surface area contributed by atoms with E-state index in [0.29, 0.717) is 58.5 Å². The number of aliphatic hydroxyl groups is 1. The number of aliphatic carboxylic acids is 2. The van der Waals surface area contributed by atoms with Gasteiger partial charge in [0.1, 0.15) is 56.2 Å². The number of carbonyl (C=O) groups excluding carboxylic acids is 2. The molecule has 125 heavy (non-hydrogen) atoms. The SMILES string of the molecule is CC1(C)CCN2CCC(C)(C)c3c2c1cc1cc(-c2ccc(-c4ccc(/C=C(/C#N)C(=O)O)s4)s2)c(=O)oc31.CCN(CC)c1ccc(C2=C(O)C(=CC3=[N+](C)c4ccc(C(=O)O)cc4C3(C)C)C2=O)c(O)c1.CCN1C(=O)/C(=c2/s/c(=C/c3ccc4c(c3)C3CCCC3N4c3ccc(C=C(c4ccccc4)c4ccccc4)cc3)c(=O)n2CC(=O)O)SC1=S. The molecule has 7 aliphatic rings. The molecule has 9 heterocycles. The van der Waals surface area contributed by atoms with E-state index >= 15 is 0 Å². The number of aromatic carboxylic acids is 1. The molecule has 11 aromatic rings. The van der Waals surface area contributed by atoms with Gasteiger partial charge in [0.05, 0.1) is 32.2 Å². The van der Waals surface area contributed by atoms with Crippen molar-refractivity contribution in [2.24, 2.45) is 0 Å².